The number of hydrogen-bond donors (Lipinski definition) is 1. The molecule has 2 heterocycles. The molecule has 0 saturated carbocycles. The van der Waals surface area contributed by atoms with Crippen molar-refractivity contribution in [1.29, 1.82) is 0 Å². The quantitative estimate of drug-likeness (QED) is 0.785. The SMILES string of the molecule is CC(C(=O)Nc1ccc2c(c1)OCCO2)N1CCCN(C(=O)c2ccccc2Cl)CC1. The lowest BCUT2D eigenvalue weighted by Crippen LogP contribution is -2.44. The second-order valence-electron chi connectivity index (χ2n) is 7.69. The number of fused-ring (bicyclic) bond motifs is 1. The molecule has 1 atom stereocenters. The van der Waals surface area contributed by atoms with E-state index < -0.39 is 0 Å². The molecule has 1 unspecified atom stereocenters. The average molecular weight is 444 g/mol. The van der Waals surface area contributed by atoms with Crippen LogP contribution in [0.1, 0.15) is 23.7 Å². The van der Waals surface area contributed by atoms with E-state index in [1.54, 1.807) is 24.3 Å². The van der Waals surface area contributed by atoms with Crippen molar-refractivity contribution in [2.45, 2.75) is 19.4 Å². The van der Waals surface area contributed by atoms with E-state index in [9.17, 15) is 9.59 Å². The van der Waals surface area contributed by atoms with Gasteiger partial charge in [0.25, 0.3) is 5.91 Å². The fourth-order valence-corrected chi connectivity index (χ4v) is 4.08. The van der Waals surface area contributed by atoms with Crippen LogP contribution in [-0.2, 0) is 4.79 Å². The van der Waals surface area contributed by atoms with Crippen LogP contribution in [0.2, 0.25) is 5.02 Å². The fraction of sp³-hybridized carbons (Fsp3) is 0.391. The van der Waals surface area contributed by atoms with Crippen LogP contribution in [0.25, 0.3) is 0 Å². The number of ether oxygens (including phenoxy) is 2. The Bertz CT molecular complexity index is 968. The third-order valence-electron chi connectivity index (χ3n) is 5.66. The van der Waals surface area contributed by atoms with Gasteiger partial charge in [-0.15, -0.1) is 0 Å². The van der Waals surface area contributed by atoms with Gasteiger partial charge in [0.15, 0.2) is 11.5 Å². The van der Waals surface area contributed by atoms with Gasteiger partial charge in [-0.3, -0.25) is 14.5 Å². The number of carbonyl (C=O) groups excluding carboxylic acids is 2. The highest BCUT2D eigenvalue weighted by molar-refractivity contribution is 6.33. The number of amides is 2. The molecule has 7 nitrogen and oxygen atoms in total. The molecular formula is C23H26ClN3O4. The number of hydrogen-bond acceptors (Lipinski definition) is 5. The van der Waals surface area contributed by atoms with Crippen LogP contribution in [-0.4, -0.2) is 67.0 Å². The van der Waals surface area contributed by atoms with Crippen LogP contribution in [0.5, 0.6) is 11.5 Å². The molecular weight excluding hydrogens is 418 g/mol. The molecule has 2 aromatic rings. The molecule has 1 fully saturated rings. The number of benzene rings is 2. The zero-order valence-corrected chi connectivity index (χ0v) is 18.2. The lowest BCUT2D eigenvalue weighted by Gasteiger charge is -2.27. The van der Waals surface area contributed by atoms with E-state index >= 15 is 0 Å². The van der Waals surface area contributed by atoms with E-state index in [1.807, 2.05) is 30.0 Å². The summed E-state index contributed by atoms with van der Waals surface area (Å²) in [5, 5.41) is 3.42. The molecule has 1 saturated heterocycles. The van der Waals surface area contributed by atoms with Crippen molar-refractivity contribution in [2.75, 3.05) is 44.7 Å². The minimum Gasteiger partial charge on any atom is -0.486 e. The Morgan fingerprint density at radius 1 is 1.00 bits per heavy atom. The summed E-state index contributed by atoms with van der Waals surface area (Å²) in [6.07, 6.45) is 0.790. The molecule has 164 valence electrons. The first kappa shape index (κ1) is 21.5. The first-order chi connectivity index (χ1) is 15.0. The van der Waals surface area contributed by atoms with Crippen molar-refractivity contribution in [1.82, 2.24) is 9.80 Å². The second kappa shape index (κ2) is 9.58. The van der Waals surface area contributed by atoms with Crippen LogP contribution in [0, 0.1) is 0 Å². The van der Waals surface area contributed by atoms with Gasteiger partial charge in [-0.25, -0.2) is 0 Å². The van der Waals surface area contributed by atoms with Crippen LogP contribution in [0.3, 0.4) is 0 Å². The highest BCUT2D eigenvalue weighted by atomic mass is 35.5. The van der Waals surface area contributed by atoms with Crippen molar-refractivity contribution in [3.05, 3.63) is 53.1 Å². The molecule has 0 radical (unpaired) electrons. The summed E-state index contributed by atoms with van der Waals surface area (Å²) < 4.78 is 11.1. The van der Waals surface area contributed by atoms with Gasteiger partial charge in [0.2, 0.25) is 5.91 Å². The lowest BCUT2D eigenvalue weighted by molar-refractivity contribution is -0.120. The molecule has 2 aliphatic rings. The Labute approximate surface area is 186 Å². The first-order valence-electron chi connectivity index (χ1n) is 10.5. The predicted molar refractivity (Wildman–Crippen MR) is 119 cm³/mol. The van der Waals surface area contributed by atoms with Gasteiger partial charge in [-0.2, -0.15) is 0 Å². The summed E-state index contributed by atoms with van der Waals surface area (Å²) in [5.41, 5.74) is 1.19. The van der Waals surface area contributed by atoms with Crippen molar-refractivity contribution < 1.29 is 19.1 Å². The van der Waals surface area contributed by atoms with E-state index in [-0.39, 0.29) is 17.9 Å². The van der Waals surface area contributed by atoms with E-state index in [4.69, 9.17) is 21.1 Å². The third kappa shape index (κ3) is 4.94. The number of halogens is 1. The predicted octanol–water partition coefficient (Wildman–Crippen LogP) is 3.29. The molecule has 0 bridgehead atoms. The van der Waals surface area contributed by atoms with Gasteiger partial charge in [0.1, 0.15) is 13.2 Å². The largest absolute Gasteiger partial charge is 0.486 e. The molecule has 0 aliphatic carbocycles. The third-order valence-corrected chi connectivity index (χ3v) is 5.99. The summed E-state index contributed by atoms with van der Waals surface area (Å²) in [5.74, 6) is 1.16. The standard InChI is InChI=1S/C23H26ClN3O4/c1-16(22(28)25-17-7-8-20-21(15-17)31-14-13-30-20)26-9-4-10-27(12-11-26)23(29)18-5-2-3-6-19(18)24/h2-3,5-8,15-16H,4,9-14H2,1H3,(H,25,28). The van der Waals surface area contributed by atoms with Gasteiger partial charge in [0, 0.05) is 37.9 Å². The summed E-state index contributed by atoms with van der Waals surface area (Å²) in [6, 6.07) is 12.2. The van der Waals surface area contributed by atoms with Crippen LogP contribution in [0.4, 0.5) is 5.69 Å². The normalized spacial score (nSPS) is 17.5. The van der Waals surface area contributed by atoms with Gasteiger partial charge >= 0.3 is 0 Å². The molecule has 0 spiro atoms. The molecule has 1 N–H and O–H groups in total. The molecule has 8 heteroatoms. The van der Waals surface area contributed by atoms with E-state index in [2.05, 4.69) is 10.2 Å². The monoisotopic (exact) mass is 443 g/mol. The molecule has 2 aliphatic heterocycles. The fourth-order valence-electron chi connectivity index (χ4n) is 3.87. The van der Waals surface area contributed by atoms with Crippen LogP contribution in [0.15, 0.2) is 42.5 Å². The number of rotatable bonds is 4. The van der Waals surface area contributed by atoms with Crippen LogP contribution < -0.4 is 14.8 Å². The van der Waals surface area contributed by atoms with Crippen LogP contribution >= 0.6 is 11.6 Å². The molecule has 4 rings (SSSR count). The minimum absolute atomic E-state index is 0.0687. The summed E-state index contributed by atoms with van der Waals surface area (Å²) >= 11 is 6.19. The minimum atomic E-state index is -0.330. The Morgan fingerprint density at radius 2 is 1.77 bits per heavy atom. The zero-order chi connectivity index (χ0) is 21.8. The number of nitrogens with one attached hydrogen (secondary N) is 1. The molecule has 0 aromatic heterocycles. The Kier molecular flexibility index (Phi) is 6.63. The van der Waals surface area contributed by atoms with Gasteiger partial charge in [-0.1, -0.05) is 23.7 Å². The van der Waals surface area contributed by atoms with Gasteiger partial charge in [0.05, 0.1) is 16.6 Å². The molecule has 31 heavy (non-hydrogen) atoms. The maximum Gasteiger partial charge on any atom is 0.255 e. The first-order valence-corrected chi connectivity index (χ1v) is 10.9. The van der Waals surface area contributed by atoms with Crippen molar-refractivity contribution in [2.24, 2.45) is 0 Å². The van der Waals surface area contributed by atoms with E-state index in [0.717, 1.165) is 13.0 Å². The van der Waals surface area contributed by atoms with E-state index in [1.165, 1.54) is 0 Å². The van der Waals surface area contributed by atoms with Crippen molar-refractivity contribution in [3.8, 4) is 11.5 Å². The Morgan fingerprint density at radius 3 is 2.58 bits per heavy atom. The molecule has 2 amide bonds. The van der Waals surface area contributed by atoms with Gasteiger partial charge in [-0.05, 0) is 37.6 Å². The number of anilines is 1. The maximum atomic E-state index is 12.9. The van der Waals surface area contributed by atoms with Crippen molar-refractivity contribution >= 4 is 29.1 Å². The smallest absolute Gasteiger partial charge is 0.255 e. The highest BCUT2D eigenvalue weighted by Gasteiger charge is 2.27. The number of carbonyl (C=O) groups is 2. The Hall–Kier alpha value is -2.77. The topological polar surface area (TPSA) is 71.1 Å². The summed E-state index contributed by atoms with van der Waals surface area (Å²) in [4.78, 5) is 29.6. The average Bonchev–Trinajstić information content (AvgIpc) is 3.04. The lowest BCUT2D eigenvalue weighted by atomic mass is 10.2. The van der Waals surface area contributed by atoms with Gasteiger partial charge < -0.3 is 19.7 Å². The second-order valence-corrected chi connectivity index (χ2v) is 8.09. The van der Waals surface area contributed by atoms with E-state index in [0.29, 0.717) is 60.6 Å². The number of nitrogens with zero attached hydrogens (tertiary/aromatic N) is 2. The Balaban J connectivity index is 1.36. The zero-order valence-electron chi connectivity index (χ0n) is 17.5. The summed E-state index contributed by atoms with van der Waals surface area (Å²) in [6.45, 7) is 5.45. The van der Waals surface area contributed by atoms with Crippen molar-refractivity contribution in [3.63, 3.8) is 0 Å². The summed E-state index contributed by atoms with van der Waals surface area (Å²) in [7, 11) is 0. The maximum absolute atomic E-state index is 12.9. The highest BCUT2D eigenvalue weighted by Crippen LogP contribution is 2.32. The molecule has 2 aromatic carbocycles.